The molecule has 0 atom stereocenters. The molecule has 0 radical (unpaired) electrons. The molecule has 1 aromatic rings. The van der Waals surface area contributed by atoms with Crippen LogP contribution >= 0.6 is 23.4 Å². The van der Waals surface area contributed by atoms with E-state index in [0.29, 0.717) is 4.90 Å². The van der Waals surface area contributed by atoms with E-state index in [4.69, 9.17) is 11.6 Å². The summed E-state index contributed by atoms with van der Waals surface area (Å²) in [4.78, 5) is 12.2. The fraction of sp³-hybridized carbons (Fsp3) is 0.429. The largest absolute Gasteiger partial charge is 0.283 e. The zero-order valence-electron chi connectivity index (χ0n) is 11.0. The molecule has 0 saturated carbocycles. The summed E-state index contributed by atoms with van der Waals surface area (Å²) in [6, 6.07) is 6.76. The molecule has 0 bridgehead atoms. The van der Waals surface area contributed by atoms with Gasteiger partial charge in [0.05, 0.1) is 9.82 Å². The summed E-state index contributed by atoms with van der Waals surface area (Å²) in [5.74, 6) is 0. The Bertz CT molecular complexity index is 449. The van der Waals surface area contributed by atoms with Gasteiger partial charge in [-0.25, -0.2) is 0 Å². The van der Waals surface area contributed by atoms with Crippen molar-refractivity contribution in [1.82, 2.24) is 0 Å². The average molecular weight is 300 g/mol. The van der Waals surface area contributed by atoms with Crippen LogP contribution in [0.3, 0.4) is 0 Å². The molecule has 0 aromatic heterocycles. The van der Waals surface area contributed by atoms with E-state index in [2.05, 4.69) is 6.92 Å². The van der Waals surface area contributed by atoms with E-state index in [1.807, 2.05) is 0 Å². The van der Waals surface area contributed by atoms with Gasteiger partial charge in [0.1, 0.15) is 0 Å². The third kappa shape index (κ3) is 5.66. The molecule has 0 N–H and O–H groups in total. The van der Waals surface area contributed by atoms with Crippen LogP contribution in [0.15, 0.2) is 39.6 Å². The van der Waals surface area contributed by atoms with Gasteiger partial charge < -0.3 is 0 Å². The molecule has 0 aliphatic heterocycles. The monoisotopic (exact) mass is 299 g/mol. The van der Waals surface area contributed by atoms with E-state index >= 15 is 0 Å². The molecule has 0 heterocycles. The number of nitro groups is 1. The van der Waals surface area contributed by atoms with Crippen molar-refractivity contribution in [1.29, 1.82) is 0 Å². The Morgan fingerprint density at radius 1 is 1.37 bits per heavy atom. The van der Waals surface area contributed by atoms with Crippen LogP contribution in [-0.2, 0) is 0 Å². The molecular weight excluding hydrogens is 282 g/mol. The fourth-order valence-electron chi connectivity index (χ4n) is 1.69. The van der Waals surface area contributed by atoms with Crippen molar-refractivity contribution in [3.8, 4) is 0 Å². The molecule has 1 rings (SSSR count). The van der Waals surface area contributed by atoms with Gasteiger partial charge in [0.15, 0.2) is 0 Å². The summed E-state index contributed by atoms with van der Waals surface area (Å²) in [6.07, 6.45) is 5.52. The van der Waals surface area contributed by atoms with Crippen LogP contribution < -0.4 is 0 Å². The van der Waals surface area contributed by atoms with Gasteiger partial charge in [0.2, 0.25) is 0 Å². The Morgan fingerprint density at radius 3 is 2.74 bits per heavy atom. The van der Waals surface area contributed by atoms with Gasteiger partial charge in [0, 0.05) is 16.5 Å². The normalized spacial score (nSPS) is 11.6. The summed E-state index contributed by atoms with van der Waals surface area (Å²) in [7, 11) is 0. The van der Waals surface area contributed by atoms with Crippen LogP contribution in [0.4, 0.5) is 5.69 Å². The number of nitro benzene ring substituents is 1. The van der Waals surface area contributed by atoms with Gasteiger partial charge in [-0.1, -0.05) is 61.7 Å². The number of thioether (sulfide) groups is 1. The minimum Gasteiger partial charge on any atom is -0.258 e. The van der Waals surface area contributed by atoms with Crippen LogP contribution in [-0.4, -0.2) is 4.92 Å². The summed E-state index contributed by atoms with van der Waals surface area (Å²) in [5, 5.41) is 10.9. The highest BCUT2D eigenvalue weighted by Crippen LogP contribution is 2.36. The molecule has 5 heteroatoms. The van der Waals surface area contributed by atoms with Gasteiger partial charge in [-0.05, 0) is 18.9 Å². The summed E-state index contributed by atoms with van der Waals surface area (Å²) < 4.78 is 0. The first kappa shape index (κ1) is 16.1. The first-order chi connectivity index (χ1) is 9.19. The highest BCUT2D eigenvalue weighted by Gasteiger charge is 2.14. The first-order valence-electron chi connectivity index (χ1n) is 6.39. The highest BCUT2D eigenvalue weighted by molar-refractivity contribution is 8.03. The standard InChI is InChI=1S/C14H18ClNO2S/c1-2-3-4-5-8-12(11-15)19-14-10-7-6-9-13(14)16(17)18/h6-7,9-11H,2-5,8H2,1H3/b12-11+. The Kier molecular flexibility index (Phi) is 7.60. The lowest BCUT2D eigenvalue weighted by molar-refractivity contribution is -0.387. The number of unbranched alkanes of at least 4 members (excludes halogenated alkanes) is 3. The van der Waals surface area contributed by atoms with Crippen molar-refractivity contribution in [2.24, 2.45) is 0 Å². The Labute approximate surface area is 123 Å². The van der Waals surface area contributed by atoms with Crippen molar-refractivity contribution in [3.05, 3.63) is 44.8 Å². The van der Waals surface area contributed by atoms with E-state index in [1.54, 1.807) is 18.2 Å². The van der Waals surface area contributed by atoms with E-state index in [-0.39, 0.29) is 10.6 Å². The summed E-state index contributed by atoms with van der Waals surface area (Å²) in [6.45, 7) is 2.17. The van der Waals surface area contributed by atoms with Crippen molar-refractivity contribution in [3.63, 3.8) is 0 Å². The molecule has 0 fully saturated rings. The number of benzene rings is 1. The third-order valence-electron chi connectivity index (χ3n) is 2.70. The maximum Gasteiger partial charge on any atom is 0.283 e. The average Bonchev–Trinajstić information content (AvgIpc) is 2.42. The number of nitrogens with zero attached hydrogens (tertiary/aromatic N) is 1. The van der Waals surface area contributed by atoms with E-state index in [9.17, 15) is 10.1 Å². The number of rotatable bonds is 8. The number of halogens is 1. The number of para-hydroxylation sites is 1. The zero-order chi connectivity index (χ0) is 14.1. The maximum absolute atomic E-state index is 10.9. The molecule has 3 nitrogen and oxygen atoms in total. The number of hydrogen-bond donors (Lipinski definition) is 0. The highest BCUT2D eigenvalue weighted by atomic mass is 35.5. The third-order valence-corrected chi connectivity index (χ3v) is 4.24. The maximum atomic E-state index is 10.9. The van der Waals surface area contributed by atoms with Crippen LogP contribution in [0, 0.1) is 10.1 Å². The second-order valence-electron chi connectivity index (χ2n) is 4.21. The quantitative estimate of drug-likeness (QED) is 0.266. The molecule has 0 spiro atoms. The molecule has 104 valence electrons. The van der Waals surface area contributed by atoms with Gasteiger partial charge >= 0.3 is 0 Å². The molecule has 0 amide bonds. The van der Waals surface area contributed by atoms with Crippen LogP contribution in [0.25, 0.3) is 0 Å². The van der Waals surface area contributed by atoms with E-state index in [1.165, 1.54) is 42.6 Å². The zero-order valence-corrected chi connectivity index (χ0v) is 12.5. The van der Waals surface area contributed by atoms with Crippen molar-refractivity contribution >= 4 is 29.1 Å². The Hall–Kier alpha value is -1.00. The van der Waals surface area contributed by atoms with Crippen molar-refractivity contribution in [2.75, 3.05) is 0 Å². The first-order valence-corrected chi connectivity index (χ1v) is 7.64. The van der Waals surface area contributed by atoms with Crippen LogP contribution in [0.1, 0.15) is 39.0 Å². The number of hydrogen-bond acceptors (Lipinski definition) is 3. The van der Waals surface area contributed by atoms with E-state index < -0.39 is 0 Å². The molecule has 1 aromatic carbocycles. The second-order valence-corrected chi connectivity index (χ2v) is 5.60. The van der Waals surface area contributed by atoms with Crippen LogP contribution in [0.2, 0.25) is 0 Å². The second kappa shape index (κ2) is 8.99. The lowest BCUT2D eigenvalue weighted by Crippen LogP contribution is -1.90. The van der Waals surface area contributed by atoms with Crippen LogP contribution in [0.5, 0.6) is 0 Å². The molecule has 0 unspecified atom stereocenters. The van der Waals surface area contributed by atoms with Gasteiger partial charge in [-0.2, -0.15) is 0 Å². The topological polar surface area (TPSA) is 43.1 Å². The smallest absolute Gasteiger partial charge is 0.258 e. The summed E-state index contributed by atoms with van der Waals surface area (Å²) >= 11 is 7.20. The molecular formula is C14H18ClNO2S. The van der Waals surface area contributed by atoms with Crippen molar-refractivity contribution in [2.45, 2.75) is 43.9 Å². The van der Waals surface area contributed by atoms with Gasteiger partial charge in [0.25, 0.3) is 5.69 Å². The SMILES string of the molecule is CCCCCC/C(=C\Cl)Sc1ccccc1[N+](=O)[O-]. The van der Waals surface area contributed by atoms with Crippen molar-refractivity contribution < 1.29 is 4.92 Å². The Morgan fingerprint density at radius 2 is 2.11 bits per heavy atom. The predicted molar refractivity (Wildman–Crippen MR) is 81.6 cm³/mol. The Balaban J connectivity index is 2.64. The fourth-order valence-corrected chi connectivity index (χ4v) is 2.90. The van der Waals surface area contributed by atoms with Gasteiger partial charge in [-0.15, -0.1) is 0 Å². The predicted octanol–water partition coefficient (Wildman–Crippen LogP) is 5.74. The lowest BCUT2D eigenvalue weighted by Gasteiger charge is -2.06. The minimum atomic E-state index is -0.356. The molecule has 19 heavy (non-hydrogen) atoms. The lowest BCUT2D eigenvalue weighted by atomic mass is 10.1. The molecule has 0 aliphatic rings. The number of allylic oxidation sites excluding steroid dienone is 1. The summed E-state index contributed by atoms with van der Waals surface area (Å²) in [5.41, 5.74) is 1.67. The van der Waals surface area contributed by atoms with Gasteiger partial charge in [-0.3, -0.25) is 10.1 Å². The molecule has 0 aliphatic carbocycles. The van der Waals surface area contributed by atoms with E-state index in [0.717, 1.165) is 17.7 Å². The molecule has 0 saturated heterocycles. The minimum absolute atomic E-state index is 0.136.